The average Bonchev–Trinajstić information content (AvgIpc) is 3.00. The van der Waals surface area contributed by atoms with Crippen molar-refractivity contribution in [1.29, 1.82) is 0 Å². The van der Waals surface area contributed by atoms with E-state index in [9.17, 15) is 0 Å². The van der Waals surface area contributed by atoms with Crippen molar-refractivity contribution in [2.45, 2.75) is 20.0 Å². The molecule has 1 aliphatic rings. The van der Waals surface area contributed by atoms with Gasteiger partial charge >= 0.3 is 0 Å². The summed E-state index contributed by atoms with van der Waals surface area (Å²) in [7, 11) is 4.33. The highest BCUT2D eigenvalue weighted by molar-refractivity contribution is 5.86. The van der Waals surface area contributed by atoms with Crippen molar-refractivity contribution in [2.24, 2.45) is 7.05 Å². The lowest BCUT2D eigenvalue weighted by Crippen LogP contribution is -2.36. The molecule has 0 radical (unpaired) electrons. The lowest BCUT2D eigenvalue weighted by molar-refractivity contribution is -0.633. The number of nitrogens with zero attached hydrogens (tertiary/aromatic N) is 3. The minimum Gasteiger partial charge on any atom is -0.353 e. The molecule has 3 nitrogen and oxygen atoms in total. The van der Waals surface area contributed by atoms with Gasteiger partial charge in [0, 0.05) is 30.3 Å². The molecule has 4 aromatic rings. The summed E-state index contributed by atoms with van der Waals surface area (Å²) in [4.78, 5) is 4.80. The van der Waals surface area contributed by atoms with Crippen molar-refractivity contribution in [3.63, 3.8) is 0 Å². The quantitative estimate of drug-likeness (QED) is 0.421. The van der Waals surface area contributed by atoms with E-state index in [-0.39, 0.29) is 6.17 Å². The fourth-order valence-electron chi connectivity index (χ4n) is 4.65. The van der Waals surface area contributed by atoms with Crippen LogP contribution in [0.5, 0.6) is 0 Å². The van der Waals surface area contributed by atoms with Gasteiger partial charge in [0.15, 0.2) is 0 Å². The fourth-order valence-corrected chi connectivity index (χ4v) is 4.65. The van der Waals surface area contributed by atoms with Crippen molar-refractivity contribution in [1.82, 2.24) is 0 Å². The molecule has 5 rings (SSSR count). The fraction of sp³-hybridized carbons (Fsp3) is 0.192. The topological polar surface area (TPSA) is 10.4 Å². The highest BCUT2D eigenvalue weighted by atomic mass is 15.4. The Morgan fingerprint density at radius 2 is 1.45 bits per heavy atom. The van der Waals surface area contributed by atoms with Gasteiger partial charge in [0.1, 0.15) is 13.2 Å². The summed E-state index contributed by atoms with van der Waals surface area (Å²) < 4.78 is 2.30. The first-order valence-electron chi connectivity index (χ1n) is 10.2. The maximum atomic E-state index is 2.45. The molecule has 3 heteroatoms. The van der Waals surface area contributed by atoms with Crippen molar-refractivity contribution in [2.75, 3.05) is 16.8 Å². The number of hydrogen-bond acceptors (Lipinski definition) is 2. The number of aromatic nitrogens is 1. The van der Waals surface area contributed by atoms with Gasteiger partial charge in [-0.2, -0.15) is 4.57 Å². The molecule has 1 aromatic heterocycles. The van der Waals surface area contributed by atoms with Crippen molar-refractivity contribution < 1.29 is 4.57 Å². The van der Waals surface area contributed by atoms with E-state index in [0.29, 0.717) is 0 Å². The maximum absolute atomic E-state index is 2.45. The summed E-state index contributed by atoms with van der Waals surface area (Å²) in [6.07, 6.45) is 0.270. The number of fused-ring (bicyclic) bond motifs is 2. The first-order valence-corrected chi connectivity index (χ1v) is 10.2. The van der Waals surface area contributed by atoms with Gasteiger partial charge in [0.05, 0.1) is 16.9 Å². The van der Waals surface area contributed by atoms with E-state index in [0.717, 1.165) is 0 Å². The Balaban J connectivity index is 1.69. The minimum atomic E-state index is 0.270. The van der Waals surface area contributed by atoms with Crippen LogP contribution < -0.4 is 14.4 Å². The zero-order valence-corrected chi connectivity index (χ0v) is 17.4. The molecule has 1 atom stereocenters. The number of hydrogen-bond donors (Lipinski definition) is 0. The largest absolute Gasteiger partial charge is 0.353 e. The summed E-state index contributed by atoms with van der Waals surface area (Å²) in [5.41, 5.74) is 8.86. The van der Waals surface area contributed by atoms with Crippen molar-refractivity contribution in [3.05, 3.63) is 84.4 Å². The van der Waals surface area contributed by atoms with Gasteiger partial charge in [-0.3, -0.25) is 0 Å². The van der Waals surface area contributed by atoms with Crippen molar-refractivity contribution in [3.8, 4) is 11.3 Å². The van der Waals surface area contributed by atoms with E-state index in [1.807, 2.05) is 0 Å². The third-order valence-corrected chi connectivity index (χ3v) is 6.38. The van der Waals surface area contributed by atoms with Crippen LogP contribution >= 0.6 is 0 Å². The zero-order valence-electron chi connectivity index (χ0n) is 17.4. The predicted molar refractivity (Wildman–Crippen MR) is 122 cm³/mol. The van der Waals surface area contributed by atoms with Gasteiger partial charge in [0.25, 0.3) is 0 Å². The molecule has 0 N–H and O–H groups in total. The maximum Gasteiger partial charge on any atom is 0.213 e. The molecule has 0 fully saturated rings. The second kappa shape index (κ2) is 6.63. The number of para-hydroxylation sites is 3. The van der Waals surface area contributed by atoms with Gasteiger partial charge in [-0.1, -0.05) is 30.3 Å². The minimum absolute atomic E-state index is 0.270. The Morgan fingerprint density at radius 3 is 2.28 bits per heavy atom. The number of rotatable bonds is 2. The SMILES string of the molecule is Cc1c(-c2ccc3ccccc3[n+]2C)cccc1N1c2ccccc2N(C)[C@@H]1C. The molecule has 2 heterocycles. The summed E-state index contributed by atoms with van der Waals surface area (Å²) in [5.74, 6) is 0. The number of pyridine rings is 1. The molecule has 0 saturated carbocycles. The van der Waals surface area contributed by atoms with Crippen LogP contribution in [-0.4, -0.2) is 13.2 Å². The van der Waals surface area contributed by atoms with Crippen LogP contribution in [0.2, 0.25) is 0 Å². The van der Waals surface area contributed by atoms with Gasteiger partial charge in [-0.25, -0.2) is 0 Å². The number of benzene rings is 3. The molecule has 0 aliphatic carbocycles. The Morgan fingerprint density at radius 1 is 0.759 bits per heavy atom. The van der Waals surface area contributed by atoms with Gasteiger partial charge in [-0.15, -0.1) is 0 Å². The smallest absolute Gasteiger partial charge is 0.213 e. The van der Waals surface area contributed by atoms with Crippen LogP contribution in [0, 0.1) is 6.92 Å². The van der Waals surface area contributed by atoms with Crippen LogP contribution in [0.3, 0.4) is 0 Å². The second-order valence-electron chi connectivity index (χ2n) is 7.89. The molecule has 144 valence electrons. The van der Waals surface area contributed by atoms with Crippen LogP contribution in [0.15, 0.2) is 78.9 Å². The highest BCUT2D eigenvalue weighted by Crippen LogP contribution is 2.45. The van der Waals surface area contributed by atoms with Crippen molar-refractivity contribution >= 4 is 28.0 Å². The van der Waals surface area contributed by atoms with E-state index >= 15 is 0 Å². The molecule has 0 spiro atoms. The van der Waals surface area contributed by atoms with Gasteiger partial charge < -0.3 is 9.80 Å². The standard InChI is InChI=1S/C26H26N3/c1-18-21(24-17-16-20-10-5-6-12-23(20)28(24)4)11-9-15-22(18)29-19(2)27(3)25-13-7-8-14-26(25)29/h5-17,19H,1-4H3/q+1/t19-/m0/s1. The summed E-state index contributed by atoms with van der Waals surface area (Å²) in [6, 6.07) is 28.3. The van der Waals surface area contributed by atoms with E-state index in [1.165, 1.54) is 44.8 Å². The zero-order chi connectivity index (χ0) is 20.1. The predicted octanol–water partition coefficient (Wildman–Crippen LogP) is 5.57. The van der Waals surface area contributed by atoms with Crippen LogP contribution in [0.4, 0.5) is 17.1 Å². The Hall–Kier alpha value is -3.33. The first kappa shape index (κ1) is 17.7. The number of anilines is 3. The Kier molecular flexibility index (Phi) is 4.06. The first-order chi connectivity index (χ1) is 14.1. The van der Waals surface area contributed by atoms with Crippen LogP contribution in [-0.2, 0) is 7.05 Å². The molecule has 29 heavy (non-hydrogen) atoms. The summed E-state index contributed by atoms with van der Waals surface area (Å²) >= 11 is 0. The lowest BCUT2D eigenvalue weighted by Gasteiger charge is -2.29. The van der Waals surface area contributed by atoms with Gasteiger partial charge in [0.2, 0.25) is 11.2 Å². The molecule has 0 amide bonds. The van der Waals surface area contributed by atoms with E-state index < -0.39 is 0 Å². The number of aryl methyl sites for hydroxylation is 1. The molecule has 0 saturated heterocycles. The van der Waals surface area contributed by atoms with E-state index in [2.05, 4.69) is 121 Å². The molecule has 3 aromatic carbocycles. The summed E-state index contributed by atoms with van der Waals surface area (Å²) in [5, 5.41) is 1.26. The second-order valence-corrected chi connectivity index (χ2v) is 7.89. The van der Waals surface area contributed by atoms with Crippen LogP contribution in [0.1, 0.15) is 12.5 Å². The molecule has 0 bridgehead atoms. The highest BCUT2D eigenvalue weighted by Gasteiger charge is 2.32. The molecular formula is C26H26N3+. The normalized spacial score (nSPS) is 15.8. The third-order valence-electron chi connectivity index (χ3n) is 6.38. The molecular weight excluding hydrogens is 354 g/mol. The average molecular weight is 381 g/mol. The van der Waals surface area contributed by atoms with E-state index in [4.69, 9.17) is 0 Å². The van der Waals surface area contributed by atoms with E-state index in [1.54, 1.807) is 0 Å². The van der Waals surface area contributed by atoms with Crippen LogP contribution in [0.25, 0.3) is 22.2 Å². The monoisotopic (exact) mass is 380 g/mol. The summed E-state index contributed by atoms with van der Waals surface area (Å²) in [6.45, 7) is 4.51. The van der Waals surface area contributed by atoms with Gasteiger partial charge in [-0.05, 0) is 55.8 Å². The third kappa shape index (κ3) is 2.61. The Labute approximate surface area is 172 Å². The lowest BCUT2D eigenvalue weighted by atomic mass is 10.0. The molecule has 1 aliphatic heterocycles. The Bertz CT molecular complexity index is 1230. The molecule has 0 unspecified atom stereocenters.